The van der Waals surface area contributed by atoms with E-state index >= 15 is 0 Å². The van der Waals surface area contributed by atoms with Gasteiger partial charge in [-0.25, -0.2) is 4.39 Å². The second-order valence-electron chi connectivity index (χ2n) is 4.20. The maximum Gasteiger partial charge on any atom is 0.147 e. The lowest BCUT2D eigenvalue weighted by atomic mass is 10.1. The average Bonchev–Trinajstić information content (AvgIpc) is 2.30. The number of hydrogen-bond donors (Lipinski definition) is 2. The molecule has 0 aromatic heterocycles. The van der Waals surface area contributed by atoms with Crippen molar-refractivity contribution in [2.75, 3.05) is 24.7 Å². The van der Waals surface area contributed by atoms with Crippen LogP contribution in [0.3, 0.4) is 0 Å². The zero-order valence-corrected chi connectivity index (χ0v) is 9.74. The summed E-state index contributed by atoms with van der Waals surface area (Å²) in [5.41, 5.74) is 6.28. The van der Waals surface area contributed by atoms with Crippen molar-refractivity contribution in [3.8, 4) is 0 Å². The lowest BCUT2D eigenvalue weighted by Crippen LogP contribution is -2.44. The molecule has 1 aromatic rings. The van der Waals surface area contributed by atoms with Crippen LogP contribution in [0.2, 0.25) is 0 Å². The van der Waals surface area contributed by atoms with Gasteiger partial charge in [-0.2, -0.15) is 0 Å². The van der Waals surface area contributed by atoms with Crippen molar-refractivity contribution in [1.82, 2.24) is 0 Å². The molecule has 0 amide bonds. The molecule has 0 radical (unpaired) electrons. The van der Waals surface area contributed by atoms with Crippen molar-refractivity contribution in [3.63, 3.8) is 0 Å². The van der Waals surface area contributed by atoms with Crippen LogP contribution in [0.5, 0.6) is 0 Å². The number of halogens is 1. The molecule has 5 heteroatoms. The quantitative estimate of drug-likeness (QED) is 0.602. The molecule has 4 nitrogen and oxygen atoms in total. The van der Waals surface area contributed by atoms with Crippen molar-refractivity contribution < 1.29 is 9.13 Å². The number of nitrogens with one attached hydrogen (secondary N) is 1. The first-order chi connectivity index (χ1) is 8.09. The number of amidine groups is 1. The van der Waals surface area contributed by atoms with Gasteiger partial charge >= 0.3 is 0 Å². The van der Waals surface area contributed by atoms with Gasteiger partial charge in [0.25, 0.3) is 0 Å². The van der Waals surface area contributed by atoms with Crippen LogP contribution in [0, 0.1) is 11.2 Å². The Labute approximate surface area is 99.7 Å². The number of hydrogen-bond acceptors (Lipinski definition) is 3. The number of benzene rings is 1. The first-order valence-electron chi connectivity index (χ1n) is 5.58. The molecule has 0 saturated carbocycles. The van der Waals surface area contributed by atoms with Crippen molar-refractivity contribution >= 4 is 11.5 Å². The van der Waals surface area contributed by atoms with E-state index in [1.165, 1.54) is 6.07 Å². The Kier molecular flexibility index (Phi) is 3.28. The zero-order valence-electron chi connectivity index (χ0n) is 9.74. The molecule has 1 fully saturated rings. The number of morpholine rings is 1. The number of nitrogen functional groups attached to an aromatic ring is 1. The molecule has 3 N–H and O–H groups in total. The van der Waals surface area contributed by atoms with Gasteiger partial charge in [0.2, 0.25) is 0 Å². The lowest BCUT2D eigenvalue weighted by molar-refractivity contribution is 0.0986. The molecule has 0 spiro atoms. The zero-order chi connectivity index (χ0) is 12.4. The number of anilines is 1. The van der Waals surface area contributed by atoms with Gasteiger partial charge in [-0.05, 0) is 25.1 Å². The molecule has 0 bridgehead atoms. The molecule has 0 aliphatic carbocycles. The standard InChI is InChI=1S/C12H16FN3O/c1-8-7-17-5-4-16(8)11-3-2-9(12(14)15)6-10(11)13/h2-3,6,8H,4-5,7H2,1H3,(H3,14,15). The van der Waals surface area contributed by atoms with E-state index in [0.29, 0.717) is 31.0 Å². The molecule has 1 saturated heterocycles. The molecular formula is C12H16FN3O. The fourth-order valence-corrected chi connectivity index (χ4v) is 1.99. The van der Waals surface area contributed by atoms with Crippen LogP contribution < -0.4 is 10.6 Å². The Morgan fingerprint density at radius 2 is 2.35 bits per heavy atom. The lowest BCUT2D eigenvalue weighted by Gasteiger charge is -2.35. The summed E-state index contributed by atoms with van der Waals surface area (Å²) in [4.78, 5) is 1.97. The number of nitrogens with zero attached hydrogens (tertiary/aromatic N) is 1. The summed E-state index contributed by atoms with van der Waals surface area (Å²) in [6.45, 7) is 3.89. The van der Waals surface area contributed by atoms with E-state index < -0.39 is 0 Å². The second kappa shape index (κ2) is 4.71. The normalized spacial score (nSPS) is 20.4. The smallest absolute Gasteiger partial charge is 0.147 e. The topological polar surface area (TPSA) is 62.3 Å². The van der Waals surface area contributed by atoms with Crippen molar-refractivity contribution in [3.05, 3.63) is 29.6 Å². The van der Waals surface area contributed by atoms with E-state index in [1.807, 2.05) is 11.8 Å². The van der Waals surface area contributed by atoms with Gasteiger partial charge in [0, 0.05) is 18.2 Å². The first kappa shape index (κ1) is 11.9. The molecule has 1 atom stereocenters. The maximum atomic E-state index is 13.9. The van der Waals surface area contributed by atoms with E-state index in [2.05, 4.69) is 0 Å². The minimum Gasteiger partial charge on any atom is -0.384 e. The Morgan fingerprint density at radius 3 is 2.94 bits per heavy atom. The molecule has 17 heavy (non-hydrogen) atoms. The third kappa shape index (κ3) is 2.39. The molecule has 1 aliphatic heterocycles. The largest absolute Gasteiger partial charge is 0.384 e. The first-order valence-corrected chi connectivity index (χ1v) is 5.58. The van der Waals surface area contributed by atoms with E-state index in [9.17, 15) is 4.39 Å². The summed E-state index contributed by atoms with van der Waals surface area (Å²) in [6.07, 6.45) is 0. The van der Waals surface area contributed by atoms with E-state index in [-0.39, 0.29) is 17.7 Å². The minimum atomic E-state index is -0.341. The Bertz CT molecular complexity index is 436. The summed E-state index contributed by atoms with van der Waals surface area (Å²) in [5, 5.41) is 7.26. The molecule has 1 unspecified atom stereocenters. The third-order valence-electron chi connectivity index (χ3n) is 2.94. The predicted octanol–water partition coefficient (Wildman–Crippen LogP) is 1.33. The van der Waals surface area contributed by atoms with Crippen LogP contribution in [0.4, 0.5) is 10.1 Å². The van der Waals surface area contributed by atoms with E-state index in [0.717, 1.165) is 0 Å². The fourth-order valence-electron chi connectivity index (χ4n) is 1.99. The molecule has 92 valence electrons. The summed E-state index contributed by atoms with van der Waals surface area (Å²) in [6, 6.07) is 4.80. The highest BCUT2D eigenvalue weighted by Crippen LogP contribution is 2.24. The van der Waals surface area contributed by atoms with Crippen LogP contribution in [0.1, 0.15) is 12.5 Å². The maximum absolute atomic E-state index is 13.9. The highest BCUT2D eigenvalue weighted by atomic mass is 19.1. The summed E-state index contributed by atoms with van der Waals surface area (Å²) < 4.78 is 19.3. The number of rotatable bonds is 2. The minimum absolute atomic E-state index is 0.120. The molecule has 1 aliphatic rings. The van der Waals surface area contributed by atoms with Crippen molar-refractivity contribution in [2.24, 2.45) is 5.73 Å². The highest BCUT2D eigenvalue weighted by molar-refractivity contribution is 5.95. The van der Waals surface area contributed by atoms with Crippen LogP contribution >= 0.6 is 0 Å². The molecule has 1 aromatic carbocycles. The molecule has 2 rings (SSSR count). The van der Waals surface area contributed by atoms with Gasteiger partial charge in [-0.15, -0.1) is 0 Å². The van der Waals surface area contributed by atoms with Crippen molar-refractivity contribution in [1.29, 1.82) is 5.41 Å². The summed E-state index contributed by atoms with van der Waals surface area (Å²) in [7, 11) is 0. The van der Waals surface area contributed by atoms with Crippen LogP contribution in [-0.4, -0.2) is 31.6 Å². The third-order valence-corrected chi connectivity index (χ3v) is 2.94. The van der Waals surface area contributed by atoms with Gasteiger partial charge in [-0.3, -0.25) is 5.41 Å². The number of nitrogens with two attached hydrogens (primary N) is 1. The Morgan fingerprint density at radius 1 is 1.59 bits per heavy atom. The predicted molar refractivity (Wildman–Crippen MR) is 65.0 cm³/mol. The fraction of sp³-hybridized carbons (Fsp3) is 0.417. The van der Waals surface area contributed by atoms with Gasteiger partial charge in [0.1, 0.15) is 11.7 Å². The summed E-state index contributed by atoms with van der Waals surface area (Å²) >= 11 is 0. The average molecular weight is 237 g/mol. The van der Waals surface area contributed by atoms with Crippen LogP contribution in [0.25, 0.3) is 0 Å². The SMILES string of the molecule is CC1COCCN1c1ccc(C(=N)N)cc1F. The highest BCUT2D eigenvalue weighted by Gasteiger charge is 2.21. The number of ether oxygens (including phenoxy) is 1. The van der Waals surface area contributed by atoms with Gasteiger partial charge in [0.05, 0.1) is 18.9 Å². The van der Waals surface area contributed by atoms with Crippen LogP contribution in [-0.2, 0) is 4.74 Å². The van der Waals surface area contributed by atoms with Crippen LogP contribution in [0.15, 0.2) is 18.2 Å². The second-order valence-corrected chi connectivity index (χ2v) is 4.20. The van der Waals surface area contributed by atoms with Gasteiger partial charge in [0.15, 0.2) is 0 Å². The Balaban J connectivity index is 2.29. The Hall–Kier alpha value is -1.62. The van der Waals surface area contributed by atoms with E-state index in [4.69, 9.17) is 15.9 Å². The van der Waals surface area contributed by atoms with Gasteiger partial charge in [-0.1, -0.05) is 0 Å². The molecule has 1 heterocycles. The van der Waals surface area contributed by atoms with Gasteiger partial charge < -0.3 is 15.4 Å². The monoisotopic (exact) mass is 237 g/mol. The van der Waals surface area contributed by atoms with Crippen molar-refractivity contribution in [2.45, 2.75) is 13.0 Å². The van der Waals surface area contributed by atoms with E-state index in [1.54, 1.807) is 12.1 Å². The molecular weight excluding hydrogens is 221 g/mol. The summed E-state index contributed by atoms with van der Waals surface area (Å²) in [5.74, 6) is -0.461.